The highest BCUT2D eigenvalue weighted by atomic mass is 16.3. The zero-order valence-electron chi connectivity index (χ0n) is 9.97. The van der Waals surface area contributed by atoms with Gasteiger partial charge in [0.15, 0.2) is 0 Å². The van der Waals surface area contributed by atoms with Crippen LogP contribution in [-0.4, -0.2) is 35.6 Å². The lowest BCUT2D eigenvalue weighted by atomic mass is 10.0. The van der Waals surface area contributed by atoms with Crippen LogP contribution in [0.5, 0.6) is 0 Å². The van der Waals surface area contributed by atoms with Crippen LogP contribution in [0.3, 0.4) is 0 Å². The van der Waals surface area contributed by atoms with Crippen LogP contribution in [0.4, 0.5) is 0 Å². The molecule has 1 saturated heterocycles. The number of hydrogen-bond acceptors (Lipinski definition) is 2. The van der Waals surface area contributed by atoms with Gasteiger partial charge in [0, 0.05) is 31.7 Å². The molecule has 1 aromatic carbocycles. The minimum atomic E-state index is 0.0234. The zero-order chi connectivity index (χ0) is 12.3. The van der Waals surface area contributed by atoms with Crippen LogP contribution in [0, 0.1) is 12.8 Å². The number of likely N-dealkylation sites (tertiary alicyclic amines) is 1. The van der Waals surface area contributed by atoms with E-state index in [-0.39, 0.29) is 18.4 Å². The first kappa shape index (κ1) is 11.9. The topological polar surface area (TPSA) is 40.5 Å². The fraction of sp³-hybridized carbons (Fsp3) is 0.357. The number of aliphatic hydroxyl groups is 1. The molecule has 0 bridgehead atoms. The lowest BCUT2D eigenvalue weighted by Crippen LogP contribution is -2.50. The molecule has 0 unspecified atom stereocenters. The molecule has 0 atom stereocenters. The van der Waals surface area contributed by atoms with Gasteiger partial charge in [-0.1, -0.05) is 29.8 Å². The Kier molecular flexibility index (Phi) is 3.59. The molecule has 1 aliphatic heterocycles. The first-order valence-electron chi connectivity index (χ1n) is 5.83. The van der Waals surface area contributed by atoms with E-state index in [0.717, 1.165) is 5.56 Å². The van der Waals surface area contributed by atoms with Crippen molar-refractivity contribution in [2.75, 3.05) is 19.7 Å². The second kappa shape index (κ2) is 5.15. The van der Waals surface area contributed by atoms with E-state index in [1.165, 1.54) is 5.56 Å². The predicted molar refractivity (Wildman–Crippen MR) is 67.4 cm³/mol. The van der Waals surface area contributed by atoms with Crippen molar-refractivity contribution in [2.45, 2.75) is 6.92 Å². The summed E-state index contributed by atoms with van der Waals surface area (Å²) in [6.07, 6.45) is 3.42. The summed E-state index contributed by atoms with van der Waals surface area (Å²) in [6, 6.07) is 8.03. The Morgan fingerprint density at radius 3 is 2.65 bits per heavy atom. The van der Waals surface area contributed by atoms with Crippen molar-refractivity contribution in [3.63, 3.8) is 0 Å². The SMILES string of the molecule is Cc1ccc(C=CC(=O)N2CC(CO)C2)cc1. The number of rotatable bonds is 3. The van der Waals surface area contributed by atoms with Crippen molar-refractivity contribution >= 4 is 12.0 Å². The summed E-state index contributed by atoms with van der Waals surface area (Å²) in [5, 5.41) is 8.86. The van der Waals surface area contributed by atoms with E-state index in [1.54, 1.807) is 11.0 Å². The van der Waals surface area contributed by atoms with E-state index in [1.807, 2.05) is 37.3 Å². The lowest BCUT2D eigenvalue weighted by Gasteiger charge is -2.37. The molecule has 0 aromatic heterocycles. The van der Waals surface area contributed by atoms with Crippen LogP contribution < -0.4 is 0 Å². The van der Waals surface area contributed by atoms with Crippen molar-refractivity contribution in [1.82, 2.24) is 4.90 Å². The molecule has 90 valence electrons. The molecular formula is C14H17NO2. The number of benzene rings is 1. The first-order valence-corrected chi connectivity index (χ1v) is 5.83. The summed E-state index contributed by atoms with van der Waals surface area (Å²) in [7, 11) is 0. The number of aryl methyl sites for hydroxylation is 1. The smallest absolute Gasteiger partial charge is 0.246 e. The monoisotopic (exact) mass is 231 g/mol. The van der Waals surface area contributed by atoms with Crippen molar-refractivity contribution in [1.29, 1.82) is 0 Å². The van der Waals surface area contributed by atoms with Gasteiger partial charge in [0.2, 0.25) is 5.91 Å². The van der Waals surface area contributed by atoms with E-state index in [0.29, 0.717) is 13.1 Å². The zero-order valence-corrected chi connectivity index (χ0v) is 9.97. The Labute approximate surface area is 101 Å². The van der Waals surface area contributed by atoms with E-state index in [2.05, 4.69) is 0 Å². The second-order valence-electron chi connectivity index (χ2n) is 4.54. The molecule has 1 aromatic rings. The maximum absolute atomic E-state index is 11.7. The van der Waals surface area contributed by atoms with Gasteiger partial charge in [-0.15, -0.1) is 0 Å². The Morgan fingerprint density at radius 1 is 1.41 bits per heavy atom. The second-order valence-corrected chi connectivity index (χ2v) is 4.54. The van der Waals surface area contributed by atoms with Gasteiger partial charge in [0.1, 0.15) is 0 Å². The third-order valence-corrected chi connectivity index (χ3v) is 3.02. The largest absolute Gasteiger partial charge is 0.396 e. The minimum Gasteiger partial charge on any atom is -0.396 e. The fourth-order valence-electron chi connectivity index (χ4n) is 1.82. The van der Waals surface area contributed by atoms with Crippen LogP contribution in [-0.2, 0) is 4.79 Å². The maximum atomic E-state index is 11.7. The van der Waals surface area contributed by atoms with E-state index < -0.39 is 0 Å². The normalized spacial score (nSPS) is 16.2. The molecule has 3 heteroatoms. The number of amides is 1. The van der Waals surface area contributed by atoms with E-state index in [4.69, 9.17) is 5.11 Å². The average molecular weight is 231 g/mol. The lowest BCUT2D eigenvalue weighted by molar-refractivity contribution is -0.132. The number of hydrogen-bond donors (Lipinski definition) is 1. The molecule has 1 N–H and O–H groups in total. The van der Waals surface area contributed by atoms with Crippen LogP contribution in [0.1, 0.15) is 11.1 Å². The number of aliphatic hydroxyl groups excluding tert-OH is 1. The predicted octanol–water partition coefficient (Wildman–Crippen LogP) is 1.46. The maximum Gasteiger partial charge on any atom is 0.246 e. The van der Waals surface area contributed by atoms with Crippen LogP contribution in [0.25, 0.3) is 6.08 Å². The van der Waals surface area contributed by atoms with Crippen molar-refractivity contribution < 1.29 is 9.90 Å². The summed E-state index contributed by atoms with van der Waals surface area (Å²) in [5.74, 6) is 0.294. The average Bonchev–Trinajstić information content (AvgIpc) is 2.27. The molecule has 0 spiro atoms. The molecule has 2 rings (SSSR count). The summed E-state index contributed by atoms with van der Waals surface area (Å²) in [5.41, 5.74) is 2.24. The molecule has 1 amide bonds. The van der Waals surface area contributed by atoms with Gasteiger partial charge in [0.05, 0.1) is 0 Å². The Balaban J connectivity index is 1.88. The van der Waals surface area contributed by atoms with Gasteiger partial charge in [-0.25, -0.2) is 0 Å². The third-order valence-electron chi connectivity index (χ3n) is 3.02. The Bertz CT molecular complexity index is 416. The van der Waals surface area contributed by atoms with Gasteiger partial charge in [-0.05, 0) is 18.6 Å². The number of carbonyl (C=O) groups is 1. The molecule has 1 fully saturated rings. The molecular weight excluding hydrogens is 214 g/mol. The van der Waals surface area contributed by atoms with Crippen molar-refractivity contribution in [3.8, 4) is 0 Å². The van der Waals surface area contributed by atoms with Crippen LogP contribution >= 0.6 is 0 Å². The summed E-state index contributed by atoms with van der Waals surface area (Å²) < 4.78 is 0. The molecule has 0 saturated carbocycles. The Morgan fingerprint density at radius 2 is 2.06 bits per heavy atom. The summed E-state index contributed by atoms with van der Waals surface area (Å²) in [4.78, 5) is 13.4. The fourth-order valence-corrected chi connectivity index (χ4v) is 1.82. The van der Waals surface area contributed by atoms with Gasteiger partial charge in [-0.2, -0.15) is 0 Å². The molecule has 3 nitrogen and oxygen atoms in total. The highest BCUT2D eigenvalue weighted by molar-refractivity contribution is 5.92. The number of carbonyl (C=O) groups excluding carboxylic acids is 1. The number of nitrogens with zero attached hydrogens (tertiary/aromatic N) is 1. The van der Waals surface area contributed by atoms with E-state index >= 15 is 0 Å². The molecule has 1 aliphatic rings. The van der Waals surface area contributed by atoms with Crippen LogP contribution in [0.15, 0.2) is 30.3 Å². The highest BCUT2D eigenvalue weighted by Crippen LogP contribution is 2.15. The standard InChI is InChI=1S/C14H17NO2/c1-11-2-4-12(5-3-11)6-7-14(17)15-8-13(9-15)10-16/h2-7,13,16H,8-10H2,1H3. The van der Waals surface area contributed by atoms with Crippen molar-refractivity contribution in [2.24, 2.45) is 5.92 Å². The first-order chi connectivity index (χ1) is 8.19. The van der Waals surface area contributed by atoms with Crippen LogP contribution in [0.2, 0.25) is 0 Å². The minimum absolute atomic E-state index is 0.0234. The molecule has 17 heavy (non-hydrogen) atoms. The summed E-state index contributed by atoms with van der Waals surface area (Å²) >= 11 is 0. The van der Waals surface area contributed by atoms with Gasteiger partial charge >= 0.3 is 0 Å². The van der Waals surface area contributed by atoms with Gasteiger partial charge in [-0.3, -0.25) is 4.79 Å². The molecule has 0 radical (unpaired) electrons. The van der Waals surface area contributed by atoms with E-state index in [9.17, 15) is 4.79 Å². The summed E-state index contributed by atoms with van der Waals surface area (Å²) in [6.45, 7) is 3.56. The van der Waals surface area contributed by atoms with Gasteiger partial charge in [0.25, 0.3) is 0 Å². The highest BCUT2D eigenvalue weighted by Gasteiger charge is 2.28. The third kappa shape index (κ3) is 2.94. The quantitative estimate of drug-likeness (QED) is 0.800. The van der Waals surface area contributed by atoms with Gasteiger partial charge < -0.3 is 10.0 Å². The molecule has 1 heterocycles. The van der Waals surface area contributed by atoms with Crippen molar-refractivity contribution in [3.05, 3.63) is 41.5 Å². The Hall–Kier alpha value is -1.61. The molecule has 0 aliphatic carbocycles.